The van der Waals surface area contributed by atoms with Crippen LogP contribution in [0.15, 0.2) is 24.3 Å². The van der Waals surface area contributed by atoms with Gasteiger partial charge in [-0.2, -0.15) is 0 Å². The summed E-state index contributed by atoms with van der Waals surface area (Å²) >= 11 is 0. The number of amides is 1. The summed E-state index contributed by atoms with van der Waals surface area (Å²) in [4.78, 5) is 11.9. The lowest BCUT2D eigenvalue weighted by Crippen LogP contribution is -2.36. The summed E-state index contributed by atoms with van der Waals surface area (Å²) in [5.74, 6) is 0.867. The van der Waals surface area contributed by atoms with Crippen molar-refractivity contribution in [2.24, 2.45) is 11.7 Å². The number of anilines is 1. The fourth-order valence-corrected chi connectivity index (χ4v) is 1.98. The number of rotatable bonds is 6. The third kappa shape index (κ3) is 5.03. The van der Waals surface area contributed by atoms with Crippen LogP contribution in [0.25, 0.3) is 0 Å². The molecule has 0 aliphatic carbocycles. The van der Waals surface area contributed by atoms with E-state index >= 15 is 0 Å². The topological polar surface area (TPSA) is 55.1 Å². The van der Waals surface area contributed by atoms with Crippen molar-refractivity contribution in [1.82, 2.24) is 0 Å². The molecule has 106 valence electrons. The molecule has 0 saturated heterocycles. The molecule has 0 aliphatic heterocycles. The highest BCUT2D eigenvalue weighted by Gasteiger charge is 2.15. The second-order valence-electron chi connectivity index (χ2n) is 5.66. The SMILES string of the molecule is CCC(C)c1ccc(NC(=O)[C@H](N)CC(C)C)cc1. The van der Waals surface area contributed by atoms with Gasteiger partial charge in [0, 0.05) is 5.69 Å². The summed E-state index contributed by atoms with van der Waals surface area (Å²) in [5, 5.41) is 2.87. The normalized spacial score (nSPS) is 14.2. The highest BCUT2D eigenvalue weighted by atomic mass is 16.2. The Kier molecular flexibility index (Phi) is 6.03. The molecule has 19 heavy (non-hydrogen) atoms. The predicted octanol–water partition coefficient (Wildman–Crippen LogP) is 3.51. The van der Waals surface area contributed by atoms with Gasteiger partial charge in [-0.05, 0) is 42.4 Å². The van der Waals surface area contributed by atoms with Crippen LogP contribution >= 0.6 is 0 Å². The second kappa shape index (κ2) is 7.29. The van der Waals surface area contributed by atoms with Crippen LogP contribution in [-0.2, 0) is 4.79 Å². The molecule has 0 bridgehead atoms. The lowest BCUT2D eigenvalue weighted by Gasteiger charge is -2.15. The molecule has 0 saturated carbocycles. The maximum absolute atomic E-state index is 11.9. The molecule has 0 aliphatic rings. The Bertz CT molecular complexity index is 398. The van der Waals surface area contributed by atoms with Crippen LogP contribution in [0.5, 0.6) is 0 Å². The summed E-state index contributed by atoms with van der Waals surface area (Å²) < 4.78 is 0. The molecule has 1 aromatic rings. The van der Waals surface area contributed by atoms with Crippen molar-refractivity contribution >= 4 is 11.6 Å². The third-order valence-electron chi connectivity index (χ3n) is 3.42. The van der Waals surface area contributed by atoms with Gasteiger partial charge in [0.25, 0.3) is 0 Å². The van der Waals surface area contributed by atoms with E-state index in [1.165, 1.54) is 5.56 Å². The first-order chi connectivity index (χ1) is 8.93. The van der Waals surface area contributed by atoms with Crippen molar-refractivity contribution in [3.8, 4) is 0 Å². The summed E-state index contributed by atoms with van der Waals surface area (Å²) in [5.41, 5.74) is 7.97. The maximum atomic E-state index is 11.9. The number of hydrogen-bond donors (Lipinski definition) is 2. The van der Waals surface area contributed by atoms with Gasteiger partial charge >= 0.3 is 0 Å². The van der Waals surface area contributed by atoms with Gasteiger partial charge < -0.3 is 11.1 Å². The van der Waals surface area contributed by atoms with E-state index in [-0.39, 0.29) is 5.91 Å². The molecule has 1 rings (SSSR count). The Morgan fingerprint density at radius 2 is 1.79 bits per heavy atom. The van der Waals surface area contributed by atoms with E-state index in [1.807, 2.05) is 12.1 Å². The number of carbonyl (C=O) groups is 1. The first-order valence-corrected chi connectivity index (χ1v) is 7.10. The number of hydrogen-bond acceptors (Lipinski definition) is 2. The summed E-state index contributed by atoms with van der Waals surface area (Å²) in [6, 6.07) is 7.59. The van der Waals surface area contributed by atoms with Crippen molar-refractivity contribution in [2.75, 3.05) is 5.32 Å². The zero-order valence-electron chi connectivity index (χ0n) is 12.4. The lowest BCUT2D eigenvalue weighted by molar-refractivity contribution is -0.117. The van der Waals surface area contributed by atoms with E-state index in [4.69, 9.17) is 5.73 Å². The minimum atomic E-state index is -0.436. The largest absolute Gasteiger partial charge is 0.325 e. The summed E-state index contributed by atoms with van der Waals surface area (Å²) in [7, 11) is 0. The smallest absolute Gasteiger partial charge is 0.241 e. The summed E-state index contributed by atoms with van der Waals surface area (Å²) in [6.45, 7) is 8.50. The molecule has 2 atom stereocenters. The average molecular weight is 262 g/mol. The van der Waals surface area contributed by atoms with Gasteiger partial charge in [0.05, 0.1) is 6.04 Å². The monoisotopic (exact) mass is 262 g/mol. The standard InChI is InChI=1S/C16H26N2O/c1-5-12(4)13-6-8-14(9-7-13)18-16(19)15(17)10-11(2)3/h6-9,11-12,15H,5,10,17H2,1-4H3,(H,18,19)/t12?,15-/m1/s1. The Labute approximate surface area is 116 Å². The Hall–Kier alpha value is -1.35. The number of benzene rings is 1. The molecule has 3 N–H and O–H groups in total. The van der Waals surface area contributed by atoms with E-state index in [0.717, 1.165) is 12.1 Å². The van der Waals surface area contributed by atoms with E-state index in [9.17, 15) is 4.79 Å². The van der Waals surface area contributed by atoms with E-state index in [0.29, 0.717) is 18.3 Å². The third-order valence-corrected chi connectivity index (χ3v) is 3.42. The highest BCUT2D eigenvalue weighted by molar-refractivity contribution is 5.94. The van der Waals surface area contributed by atoms with Crippen LogP contribution < -0.4 is 11.1 Å². The van der Waals surface area contributed by atoms with Crippen molar-refractivity contribution < 1.29 is 4.79 Å². The zero-order valence-corrected chi connectivity index (χ0v) is 12.4. The van der Waals surface area contributed by atoms with Gasteiger partial charge in [-0.3, -0.25) is 4.79 Å². The molecule has 1 amide bonds. The van der Waals surface area contributed by atoms with Gasteiger partial charge in [-0.25, -0.2) is 0 Å². The van der Waals surface area contributed by atoms with Crippen LogP contribution in [0.2, 0.25) is 0 Å². The molecule has 1 unspecified atom stereocenters. The van der Waals surface area contributed by atoms with Crippen LogP contribution in [0.1, 0.15) is 52.0 Å². The maximum Gasteiger partial charge on any atom is 0.241 e. The molecule has 0 fully saturated rings. The van der Waals surface area contributed by atoms with Gasteiger partial charge in [0.15, 0.2) is 0 Å². The molecule has 3 nitrogen and oxygen atoms in total. The molecule has 0 heterocycles. The average Bonchev–Trinajstić information content (AvgIpc) is 2.37. The van der Waals surface area contributed by atoms with E-state index in [2.05, 4.69) is 45.1 Å². The quantitative estimate of drug-likeness (QED) is 0.824. The fourth-order valence-electron chi connectivity index (χ4n) is 1.98. The Balaban J connectivity index is 2.60. The molecule has 1 aromatic carbocycles. The predicted molar refractivity (Wildman–Crippen MR) is 81.2 cm³/mol. The Morgan fingerprint density at radius 3 is 2.26 bits per heavy atom. The van der Waals surface area contributed by atoms with Crippen molar-refractivity contribution in [3.63, 3.8) is 0 Å². The van der Waals surface area contributed by atoms with Crippen molar-refractivity contribution in [1.29, 1.82) is 0 Å². The van der Waals surface area contributed by atoms with Gasteiger partial charge in [0.1, 0.15) is 0 Å². The van der Waals surface area contributed by atoms with E-state index in [1.54, 1.807) is 0 Å². The minimum Gasteiger partial charge on any atom is -0.325 e. The lowest BCUT2D eigenvalue weighted by atomic mass is 9.98. The minimum absolute atomic E-state index is 0.106. The van der Waals surface area contributed by atoms with Crippen molar-refractivity contribution in [2.45, 2.75) is 52.5 Å². The van der Waals surface area contributed by atoms with Crippen molar-refractivity contribution in [3.05, 3.63) is 29.8 Å². The van der Waals surface area contributed by atoms with Crippen LogP contribution in [-0.4, -0.2) is 11.9 Å². The summed E-state index contributed by atoms with van der Waals surface area (Å²) in [6.07, 6.45) is 1.82. The van der Waals surface area contributed by atoms with Gasteiger partial charge in [0.2, 0.25) is 5.91 Å². The molecule has 3 heteroatoms. The Morgan fingerprint density at radius 1 is 1.21 bits per heavy atom. The van der Waals surface area contributed by atoms with Gasteiger partial charge in [-0.1, -0.05) is 39.8 Å². The van der Waals surface area contributed by atoms with Crippen LogP contribution in [0.3, 0.4) is 0 Å². The van der Waals surface area contributed by atoms with Gasteiger partial charge in [-0.15, -0.1) is 0 Å². The van der Waals surface area contributed by atoms with Crippen LogP contribution in [0.4, 0.5) is 5.69 Å². The molecular formula is C16H26N2O. The number of nitrogens with two attached hydrogens (primary N) is 1. The molecule has 0 radical (unpaired) electrons. The molecular weight excluding hydrogens is 236 g/mol. The van der Waals surface area contributed by atoms with E-state index < -0.39 is 6.04 Å². The second-order valence-corrected chi connectivity index (χ2v) is 5.66. The molecule has 0 aromatic heterocycles. The fraction of sp³-hybridized carbons (Fsp3) is 0.562. The first kappa shape index (κ1) is 15.7. The molecule has 0 spiro atoms. The number of nitrogens with one attached hydrogen (secondary N) is 1. The first-order valence-electron chi connectivity index (χ1n) is 7.10. The highest BCUT2D eigenvalue weighted by Crippen LogP contribution is 2.20. The number of carbonyl (C=O) groups excluding carboxylic acids is 1. The van der Waals surface area contributed by atoms with Crippen LogP contribution in [0, 0.1) is 5.92 Å². The zero-order chi connectivity index (χ0) is 14.4.